The molecule has 0 unspecified atom stereocenters. The van der Waals surface area contributed by atoms with Gasteiger partial charge in [0, 0.05) is 17.5 Å². The van der Waals surface area contributed by atoms with Gasteiger partial charge in [-0.1, -0.05) is 36.4 Å². The maximum absolute atomic E-state index is 12.4. The van der Waals surface area contributed by atoms with Gasteiger partial charge in [-0.2, -0.15) is 0 Å². The molecule has 0 saturated heterocycles. The Bertz CT molecular complexity index is 967. The number of carbonyl (C=O) groups excluding carboxylic acids is 2. The van der Waals surface area contributed by atoms with Crippen molar-refractivity contribution in [2.45, 2.75) is 13.3 Å². The number of rotatable bonds is 8. The molecule has 0 saturated carbocycles. The van der Waals surface area contributed by atoms with Gasteiger partial charge in [-0.3, -0.25) is 9.59 Å². The number of aryl methyl sites for hydroxylation is 1. The molecule has 0 radical (unpaired) electrons. The number of carbonyl (C=O) groups is 2. The van der Waals surface area contributed by atoms with E-state index < -0.39 is 5.91 Å². The Morgan fingerprint density at radius 1 is 1.14 bits per heavy atom. The van der Waals surface area contributed by atoms with E-state index in [0.717, 1.165) is 21.8 Å². The molecule has 0 aliphatic rings. The third-order valence-electron chi connectivity index (χ3n) is 4.07. The Balaban J connectivity index is 1.55. The van der Waals surface area contributed by atoms with Gasteiger partial charge in [0.25, 0.3) is 11.8 Å². The molecule has 3 rings (SSSR count). The summed E-state index contributed by atoms with van der Waals surface area (Å²) in [7, 11) is 0. The van der Waals surface area contributed by atoms with Gasteiger partial charge in [0.1, 0.15) is 5.75 Å². The van der Waals surface area contributed by atoms with E-state index in [9.17, 15) is 9.59 Å². The van der Waals surface area contributed by atoms with Crippen LogP contribution in [0.2, 0.25) is 0 Å². The fraction of sp³-hybridized carbons (Fsp3) is 0.190. The highest BCUT2D eigenvalue weighted by Gasteiger charge is 2.12. The minimum atomic E-state index is -0.591. The van der Waals surface area contributed by atoms with Crippen LogP contribution in [0.25, 0.3) is 11.3 Å². The van der Waals surface area contributed by atoms with E-state index in [2.05, 4.69) is 10.3 Å². The number of nitrogens with one attached hydrogen (secondary N) is 1. The topological polar surface area (TPSA) is 94.3 Å². The molecule has 6 nitrogen and oxygen atoms in total. The molecule has 0 fully saturated rings. The Morgan fingerprint density at radius 2 is 1.89 bits per heavy atom. The van der Waals surface area contributed by atoms with Crippen LogP contribution in [-0.4, -0.2) is 29.9 Å². The van der Waals surface area contributed by atoms with Gasteiger partial charge in [0.15, 0.2) is 6.61 Å². The number of hydrogen-bond acceptors (Lipinski definition) is 5. The van der Waals surface area contributed by atoms with E-state index in [-0.39, 0.29) is 12.5 Å². The molecule has 2 aromatic carbocycles. The zero-order valence-corrected chi connectivity index (χ0v) is 16.3. The lowest BCUT2D eigenvalue weighted by atomic mass is 10.1. The highest BCUT2D eigenvalue weighted by molar-refractivity contribution is 7.09. The largest absolute Gasteiger partial charge is 0.483 e. The number of primary amides is 1. The Kier molecular flexibility index (Phi) is 6.39. The van der Waals surface area contributed by atoms with Crippen molar-refractivity contribution in [3.05, 3.63) is 70.0 Å². The molecule has 0 aliphatic heterocycles. The molecule has 28 heavy (non-hydrogen) atoms. The first-order chi connectivity index (χ1) is 13.5. The monoisotopic (exact) mass is 395 g/mol. The lowest BCUT2D eigenvalue weighted by Crippen LogP contribution is -2.27. The summed E-state index contributed by atoms with van der Waals surface area (Å²) < 4.78 is 5.30. The third-order valence-corrected chi connectivity index (χ3v) is 4.84. The SMILES string of the molecule is Cc1nc(-c2ccc(CCNC(=O)c3ccccc3OCC(N)=O)cc2)cs1. The van der Waals surface area contributed by atoms with Crippen LogP contribution in [-0.2, 0) is 11.2 Å². The molecule has 1 heterocycles. The first kappa shape index (κ1) is 19.6. The van der Waals surface area contributed by atoms with E-state index in [1.54, 1.807) is 35.6 Å². The molecular formula is C21H21N3O3S. The van der Waals surface area contributed by atoms with E-state index in [1.165, 1.54) is 0 Å². The molecule has 3 N–H and O–H groups in total. The van der Waals surface area contributed by atoms with Crippen LogP contribution in [0.15, 0.2) is 53.9 Å². The predicted octanol–water partition coefficient (Wildman–Crippen LogP) is 2.96. The average molecular weight is 395 g/mol. The minimum absolute atomic E-state index is 0.255. The second-order valence-electron chi connectivity index (χ2n) is 6.21. The Morgan fingerprint density at radius 3 is 2.57 bits per heavy atom. The number of hydrogen-bond donors (Lipinski definition) is 2. The number of nitrogens with zero attached hydrogens (tertiary/aromatic N) is 1. The molecule has 0 spiro atoms. The summed E-state index contributed by atoms with van der Waals surface area (Å²) in [5, 5.41) is 5.97. The fourth-order valence-electron chi connectivity index (χ4n) is 2.68. The summed E-state index contributed by atoms with van der Waals surface area (Å²) in [4.78, 5) is 27.8. The van der Waals surface area contributed by atoms with Crippen molar-refractivity contribution in [2.24, 2.45) is 5.73 Å². The van der Waals surface area contributed by atoms with Crippen LogP contribution in [0, 0.1) is 6.92 Å². The first-order valence-electron chi connectivity index (χ1n) is 8.82. The first-order valence-corrected chi connectivity index (χ1v) is 9.70. The van der Waals surface area contributed by atoms with Gasteiger partial charge in [0.05, 0.1) is 16.3 Å². The molecule has 0 atom stereocenters. The number of benzene rings is 2. The van der Waals surface area contributed by atoms with E-state index in [4.69, 9.17) is 10.5 Å². The van der Waals surface area contributed by atoms with Crippen molar-refractivity contribution in [2.75, 3.05) is 13.2 Å². The van der Waals surface area contributed by atoms with Crippen LogP contribution >= 0.6 is 11.3 Å². The highest BCUT2D eigenvalue weighted by atomic mass is 32.1. The normalized spacial score (nSPS) is 10.5. The van der Waals surface area contributed by atoms with E-state index >= 15 is 0 Å². The highest BCUT2D eigenvalue weighted by Crippen LogP contribution is 2.22. The maximum atomic E-state index is 12.4. The van der Waals surface area contributed by atoms with Crippen LogP contribution in [0.4, 0.5) is 0 Å². The predicted molar refractivity (Wildman–Crippen MR) is 109 cm³/mol. The van der Waals surface area contributed by atoms with Gasteiger partial charge in [-0.05, 0) is 31.0 Å². The second kappa shape index (κ2) is 9.14. The standard InChI is InChI=1S/C21H21N3O3S/c1-14-24-18(13-28-14)16-8-6-15(7-9-16)10-11-23-21(26)17-4-2-3-5-19(17)27-12-20(22)25/h2-9,13H,10-12H2,1H3,(H2,22,25)(H,23,26). The van der Waals surface area contributed by atoms with Crippen molar-refractivity contribution < 1.29 is 14.3 Å². The van der Waals surface area contributed by atoms with Crippen molar-refractivity contribution >= 4 is 23.2 Å². The summed E-state index contributed by atoms with van der Waals surface area (Å²) in [5.41, 5.74) is 8.65. The Labute approximate surface area is 167 Å². The van der Waals surface area contributed by atoms with Crippen molar-refractivity contribution in [1.29, 1.82) is 0 Å². The summed E-state index contributed by atoms with van der Waals surface area (Å²) in [6, 6.07) is 14.9. The second-order valence-corrected chi connectivity index (χ2v) is 7.27. The van der Waals surface area contributed by atoms with Gasteiger partial charge in [-0.25, -0.2) is 4.98 Å². The molecule has 2 amide bonds. The zero-order valence-electron chi connectivity index (χ0n) is 15.5. The number of aromatic nitrogens is 1. The van der Waals surface area contributed by atoms with Gasteiger partial charge in [0.2, 0.25) is 0 Å². The summed E-state index contributed by atoms with van der Waals surface area (Å²) in [5.74, 6) is -0.511. The van der Waals surface area contributed by atoms with Gasteiger partial charge in [-0.15, -0.1) is 11.3 Å². The van der Waals surface area contributed by atoms with Crippen LogP contribution < -0.4 is 15.8 Å². The molecule has 1 aromatic heterocycles. The van der Waals surface area contributed by atoms with Crippen LogP contribution in [0.3, 0.4) is 0 Å². The fourth-order valence-corrected chi connectivity index (χ4v) is 3.30. The lowest BCUT2D eigenvalue weighted by molar-refractivity contribution is -0.119. The lowest BCUT2D eigenvalue weighted by Gasteiger charge is -2.11. The number of nitrogens with two attached hydrogens (primary N) is 1. The number of para-hydroxylation sites is 1. The van der Waals surface area contributed by atoms with Gasteiger partial charge >= 0.3 is 0 Å². The molecular weight excluding hydrogens is 374 g/mol. The number of thiazole rings is 1. The molecule has 3 aromatic rings. The molecule has 0 aliphatic carbocycles. The number of amides is 2. The zero-order chi connectivity index (χ0) is 19.9. The smallest absolute Gasteiger partial charge is 0.255 e. The quantitative estimate of drug-likeness (QED) is 0.613. The van der Waals surface area contributed by atoms with Gasteiger partial charge < -0.3 is 15.8 Å². The van der Waals surface area contributed by atoms with Crippen molar-refractivity contribution in [3.63, 3.8) is 0 Å². The van der Waals surface area contributed by atoms with Crippen molar-refractivity contribution in [3.8, 4) is 17.0 Å². The van der Waals surface area contributed by atoms with E-state index in [0.29, 0.717) is 24.3 Å². The van der Waals surface area contributed by atoms with Crippen LogP contribution in [0.5, 0.6) is 5.75 Å². The minimum Gasteiger partial charge on any atom is -0.483 e. The average Bonchev–Trinajstić information content (AvgIpc) is 3.13. The third kappa shape index (κ3) is 5.17. The molecule has 144 valence electrons. The van der Waals surface area contributed by atoms with E-state index in [1.807, 2.05) is 36.6 Å². The summed E-state index contributed by atoms with van der Waals surface area (Å²) >= 11 is 1.63. The summed E-state index contributed by atoms with van der Waals surface area (Å²) in [6.07, 6.45) is 0.701. The number of ether oxygens (including phenoxy) is 1. The van der Waals surface area contributed by atoms with Crippen LogP contribution in [0.1, 0.15) is 20.9 Å². The molecule has 7 heteroatoms. The van der Waals surface area contributed by atoms with Crippen molar-refractivity contribution in [1.82, 2.24) is 10.3 Å². The Hall–Kier alpha value is -3.19. The molecule has 0 bridgehead atoms. The summed E-state index contributed by atoms with van der Waals surface area (Å²) in [6.45, 7) is 2.20. The maximum Gasteiger partial charge on any atom is 0.255 e.